The van der Waals surface area contributed by atoms with Gasteiger partial charge in [0.1, 0.15) is 0 Å². The number of aliphatic imine (C=N–C) groups is 2. The van der Waals surface area contributed by atoms with Gasteiger partial charge in [-0.2, -0.15) is 4.99 Å². The van der Waals surface area contributed by atoms with Crippen LogP contribution in [0.4, 0.5) is 0 Å². The van der Waals surface area contributed by atoms with Crippen molar-refractivity contribution in [3.05, 3.63) is 0 Å². The van der Waals surface area contributed by atoms with Crippen LogP contribution in [-0.2, 0) is 4.74 Å². The zero-order valence-electron chi connectivity index (χ0n) is 8.31. The summed E-state index contributed by atoms with van der Waals surface area (Å²) in [5.74, 6) is 0.0267. The minimum atomic E-state index is -0.0780. The van der Waals surface area contributed by atoms with Crippen LogP contribution in [0.3, 0.4) is 0 Å². The number of rotatable bonds is 2. The molecule has 80 valence electrons. The van der Waals surface area contributed by atoms with E-state index in [1.165, 1.54) is 0 Å². The van der Waals surface area contributed by atoms with Gasteiger partial charge in [0, 0.05) is 6.61 Å². The Morgan fingerprint density at radius 3 is 2.64 bits per heavy atom. The number of guanidine groups is 2. The Hall–Kier alpha value is -1.30. The highest BCUT2D eigenvalue weighted by atomic mass is 16.5. The van der Waals surface area contributed by atoms with E-state index in [1.54, 1.807) is 0 Å². The van der Waals surface area contributed by atoms with Crippen molar-refractivity contribution in [2.75, 3.05) is 6.61 Å². The van der Waals surface area contributed by atoms with Crippen molar-refractivity contribution in [3.63, 3.8) is 0 Å². The van der Waals surface area contributed by atoms with Gasteiger partial charge in [0.2, 0.25) is 5.96 Å². The lowest BCUT2D eigenvalue weighted by atomic mass is 10.1. The summed E-state index contributed by atoms with van der Waals surface area (Å²) in [6.45, 7) is 2.73. The van der Waals surface area contributed by atoms with Crippen molar-refractivity contribution in [2.24, 2.45) is 27.2 Å². The summed E-state index contributed by atoms with van der Waals surface area (Å²) in [5, 5.41) is 0. The Morgan fingerprint density at radius 1 is 1.43 bits per heavy atom. The van der Waals surface area contributed by atoms with Crippen molar-refractivity contribution in [3.8, 4) is 0 Å². The largest absolute Gasteiger partial charge is 0.376 e. The van der Waals surface area contributed by atoms with Crippen molar-refractivity contribution in [1.29, 1.82) is 0 Å². The molecule has 2 atom stereocenters. The molecule has 6 heteroatoms. The van der Waals surface area contributed by atoms with Gasteiger partial charge in [-0.1, -0.05) is 0 Å². The van der Waals surface area contributed by atoms with Gasteiger partial charge in [0.05, 0.1) is 12.1 Å². The number of nitrogens with zero attached hydrogens (tertiary/aromatic N) is 2. The molecular weight excluding hydrogens is 182 g/mol. The smallest absolute Gasteiger partial charge is 0.218 e. The maximum atomic E-state index is 5.49. The molecule has 1 fully saturated rings. The monoisotopic (exact) mass is 199 g/mol. The van der Waals surface area contributed by atoms with Gasteiger partial charge in [-0.05, 0) is 19.8 Å². The topological polar surface area (TPSA) is 112 Å². The second-order valence-electron chi connectivity index (χ2n) is 3.32. The molecule has 0 aromatic carbocycles. The summed E-state index contributed by atoms with van der Waals surface area (Å²) in [5.41, 5.74) is 15.8. The molecule has 1 aliphatic rings. The van der Waals surface area contributed by atoms with Crippen molar-refractivity contribution < 1.29 is 4.74 Å². The molecule has 6 nitrogen and oxygen atoms in total. The fourth-order valence-electron chi connectivity index (χ4n) is 1.44. The third-order valence-corrected chi connectivity index (χ3v) is 2.08. The molecule has 1 heterocycles. The summed E-state index contributed by atoms with van der Waals surface area (Å²) in [7, 11) is 0. The molecule has 0 bridgehead atoms. The molecular formula is C8H17N5O. The van der Waals surface area contributed by atoms with Crippen LogP contribution < -0.4 is 17.2 Å². The van der Waals surface area contributed by atoms with Crippen LogP contribution in [0.5, 0.6) is 0 Å². The number of hydrogen-bond donors (Lipinski definition) is 3. The highest BCUT2D eigenvalue weighted by Gasteiger charge is 2.21. The molecule has 6 N–H and O–H groups in total. The first kappa shape index (κ1) is 10.8. The molecule has 0 saturated carbocycles. The van der Waals surface area contributed by atoms with E-state index in [2.05, 4.69) is 9.98 Å². The maximum Gasteiger partial charge on any atom is 0.218 e. The molecule has 1 saturated heterocycles. The third-order valence-electron chi connectivity index (χ3n) is 2.08. The highest BCUT2D eigenvalue weighted by Crippen LogP contribution is 2.17. The minimum Gasteiger partial charge on any atom is -0.376 e. The predicted molar refractivity (Wildman–Crippen MR) is 55.9 cm³/mol. The minimum absolute atomic E-state index is 0.000556. The van der Waals surface area contributed by atoms with Gasteiger partial charge in [0.25, 0.3) is 0 Å². The summed E-state index contributed by atoms with van der Waals surface area (Å²) >= 11 is 0. The van der Waals surface area contributed by atoms with Crippen LogP contribution in [0.15, 0.2) is 9.98 Å². The molecule has 14 heavy (non-hydrogen) atoms. The summed E-state index contributed by atoms with van der Waals surface area (Å²) in [6, 6.07) is 0.000556. The van der Waals surface area contributed by atoms with E-state index >= 15 is 0 Å². The average Bonchev–Trinajstić information content (AvgIpc) is 2.53. The van der Waals surface area contributed by atoms with Gasteiger partial charge in [-0.3, -0.25) is 0 Å². The number of ether oxygens (including phenoxy) is 1. The lowest BCUT2D eigenvalue weighted by Gasteiger charge is -2.13. The van der Waals surface area contributed by atoms with Crippen LogP contribution in [0.1, 0.15) is 19.8 Å². The molecule has 0 aliphatic carbocycles. The van der Waals surface area contributed by atoms with E-state index < -0.39 is 0 Å². The van der Waals surface area contributed by atoms with Crippen LogP contribution in [-0.4, -0.2) is 30.7 Å². The Labute approximate surface area is 83.2 Å². The van der Waals surface area contributed by atoms with Crippen molar-refractivity contribution in [1.82, 2.24) is 0 Å². The Balaban J connectivity index is 2.52. The van der Waals surface area contributed by atoms with E-state index in [0.717, 1.165) is 19.4 Å². The third kappa shape index (κ3) is 3.21. The van der Waals surface area contributed by atoms with Gasteiger partial charge < -0.3 is 21.9 Å². The Bertz CT molecular complexity index is 240. The lowest BCUT2D eigenvalue weighted by Crippen LogP contribution is -2.28. The first-order chi connectivity index (χ1) is 6.59. The fourth-order valence-corrected chi connectivity index (χ4v) is 1.44. The van der Waals surface area contributed by atoms with E-state index in [4.69, 9.17) is 21.9 Å². The normalized spacial score (nSPS) is 24.6. The second-order valence-corrected chi connectivity index (χ2v) is 3.32. The molecule has 0 spiro atoms. The predicted octanol–water partition coefficient (Wildman–Crippen LogP) is -0.858. The molecule has 1 aliphatic heterocycles. The summed E-state index contributed by atoms with van der Waals surface area (Å²) in [4.78, 5) is 7.75. The number of hydrogen-bond acceptors (Lipinski definition) is 2. The zero-order valence-corrected chi connectivity index (χ0v) is 8.31. The molecule has 0 aromatic heterocycles. The van der Waals surface area contributed by atoms with Gasteiger partial charge in [-0.25, -0.2) is 4.99 Å². The van der Waals surface area contributed by atoms with E-state index in [-0.39, 0.29) is 24.1 Å². The van der Waals surface area contributed by atoms with E-state index in [1.807, 2.05) is 6.92 Å². The standard InChI is InChI=1S/C8H17N5O/c1-5(6-3-2-4-14-6)12-8(11)13-7(9)10/h5-6H,2-4H2,1H3,(H6,9,10,11,12,13). The number of nitrogens with two attached hydrogens (primary N) is 3. The Kier molecular flexibility index (Phi) is 3.70. The highest BCUT2D eigenvalue weighted by molar-refractivity contribution is 5.92. The first-order valence-electron chi connectivity index (χ1n) is 4.64. The van der Waals surface area contributed by atoms with Gasteiger partial charge in [0.15, 0.2) is 5.96 Å². The van der Waals surface area contributed by atoms with Crippen LogP contribution in [0.2, 0.25) is 0 Å². The SMILES string of the molecule is CC(N=C(N)N=C(N)N)C1CCCO1. The van der Waals surface area contributed by atoms with Crippen molar-refractivity contribution in [2.45, 2.75) is 31.9 Å². The summed E-state index contributed by atoms with van der Waals surface area (Å²) in [6.07, 6.45) is 2.23. The van der Waals surface area contributed by atoms with E-state index in [9.17, 15) is 0 Å². The van der Waals surface area contributed by atoms with Crippen molar-refractivity contribution >= 4 is 11.9 Å². The molecule has 1 rings (SSSR count). The van der Waals surface area contributed by atoms with Crippen LogP contribution >= 0.6 is 0 Å². The van der Waals surface area contributed by atoms with Crippen LogP contribution in [0.25, 0.3) is 0 Å². The fraction of sp³-hybridized carbons (Fsp3) is 0.750. The zero-order chi connectivity index (χ0) is 10.6. The summed E-state index contributed by atoms with van der Waals surface area (Å²) < 4.78 is 5.45. The molecule has 0 amide bonds. The quantitative estimate of drug-likeness (QED) is 0.397. The van der Waals surface area contributed by atoms with Crippen LogP contribution in [0, 0.1) is 0 Å². The van der Waals surface area contributed by atoms with E-state index in [0.29, 0.717) is 0 Å². The average molecular weight is 199 g/mol. The molecule has 0 radical (unpaired) electrons. The Morgan fingerprint density at radius 2 is 2.14 bits per heavy atom. The molecule has 2 unspecified atom stereocenters. The molecule has 0 aromatic rings. The van der Waals surface area contributed by atoms with Gasteiger partial charge >= 0.3 is 0 Å². The maximum absolute atomic E-state index is 5.49. The second kappa shape index (κ2) is 4.80. The lowest BCUT2D eigenvalue weighted by molar-refractivity contribution is 0.0953. The van der Waals surface area contributed by atoms with Gasteiger partial charge in [-0.15, -0.1) is 0 Å². The first-order valence-corrected chi connectivity index (χ1v) is 4.64.